The predicted molar refractivity (Wildman–Crippen MR) is 236 cm³/mol. The zero-order chi connectivity index (χ0) is 40.5. The quantitative estimate of drug-likeness (QED) is 0.0798. The average Bonchev–Trinajstić information content (AvgIpc) is 3.68. The van der Waals surface area contributed by atoms with Crippen LogP contribution in [-0.4, -0.2) is 15.9 Å². The number of thiophene rings is 1. The third-order valence-electron chi connectivity index (χ3n) is 12.1. The molecule has 0 aliphatic carbocycles. The largest absolute Gasteiger partial charge is 0.512 e. The first-order chi connectivity index (χ1) is 25.9. The Labute approximate surface area is 353 Å². The van der Waals surface area contributed by atoms with E-state index in [9.17, 15) is 9.90 Å². The summed E-state index contributed by atoms with van der Waals surface area (Å²) < 4.78 is 8.05. The molecule has 0 amide bonds. The molecule has 6 aromatic rings. The van der Waals surface area contributed by atoms with Crippen LogP contribution in [0.2, 0.25) is 0 Å². The molecule has 0 atom stereocenters. The van der Waals surface area contributed by atoms with Crippen molar-refractivity contribution in [2.45, 2.75) is 128 Å². The topological polar surface area (TPSA) is 63.3 Å². The van der Waals surface area contributed by atoms with E-state index in [1.54, 1.807) is 0 Å². The van der Waals surface area contributed by atoms with E-state index in [1.807, 2.05) is 59.1 Å². The van der Waals surface area contributed by atoms with Crippen LogP contribution in [0.15, 0.2) is 77.0 Å². The standard InChI is InChI=1S/C35H34NOS.C15H28O2.Ir/c1-20(2)16-23-12-13-30-28(17-23)22(4)34(38-30)32-21(3)26-14-15-36-31(33(26)37-32)25-18-24-10-8-9-11-27(24)29(19-25)35(5,6)7;1-7-14(5,8-2)12(16)11-13(17)15(6,9-3)10-4;/h8-15,17,19-20H,16H2,1-7H3;11,16H,7-10H2,1-6H3;/q-1;;/b;12-11-;. The first-order valence-electron chi connectivity index (χ1n) is 20.2. The summed E-state index contributed by atoms with van der Waals surface area (Å²) in [4.78, 5) is 18.2. The first kappa shape index (κ1) is 45.1. The Morgan fingerprint density at radius 3 is 2.11 bits per heavy atom. The Balaban J connectivity index is 0.000000330. The minimum Gasteiger partial charge on any atom is -0.512 e. The number of carbonyl (C=O) groups excluding carboxylic acids is 1. The van der Waals surface area contributed by atoms with Crippen molar-refractivity contribution in [2.75, 3.05) is 0 Å². The van der Waals surface area contributed by atoms with Crippen LogP contribution in [0.5, 0.6) is 0 Å². The van der Waals surface area contributed by atoms with E-state index >= 15 is 0 Å². The second kappa shape index (κ2) is 17.9. The first-order valence-corrected chi connectivity index (χ1v) is 21.0. The fraction of sp³-hybridized carbons (Fsp3) is 0.440. The van der Waals surface area contributed by atoms with Gasteiger partial charge >= 0.3 is 0 Å². The molecule has 0 saturated carbocycles. The Kier molecular flexibility index (Phi) is 14.4. The van der Waals surface area contributed by atoms with Gasteiger partial charge in [-0.25, -0.2) is 0 Å². The van der Waals surface area contributed by atoms with Gasteiger partial charge in [-0.1, -0.05) is 117 Å². The molecular weight excluding hydrogens is 887 g/mol. The molecule has 0 saturated heterocycles. The molecule has 0 unspecified atom stereocenters. The molecule has 56 heavy (non-hydrogen) atoms. The predicted octanol–water partition coefficient (Wildman–Crippen LogP) is 15.1. The number of aliphatic hydroxyl groups is 1. The number of aromatic nitrogens is 1. The second-order valence-corrected chi connectivity index (χ2v) is 18.5. The number of carbonyl (C=O) groups is 1. The molecule has 301 valence electrons. The van der Waals surface area contributed by atoms with Crippen molar-refractivity contribution < 1.29 is 34.4 Å². The number of rotatable bonds is 11. The Morgan fingerprint density at radius 1 is 0.857 bits per heavy atom. The minimum atomic E-state index is -0.337. The van der Waals surface area contributed by atoms with E-state index in [0.29, 0.717) is 5.92 Å². The van der Waals surface area contributed by atoms with Gasteiger partial charge in [0.15, 0.2) is 5.78 Å². The van der Waals surface area contributed by atoms with Crippen LogP contribution in [-0.2, 0) is 36.7 Å². The van der Waals surface area contributed by atoms with Crippen LogP contribution in [0.4, 0.5) is 0 Å². The summed E-state index contributed by atoms with van der Waals surface area (Å²) in [5, 5.41) is 14.9. The number of benzene rings is 3. The summed E-state index contributed by atoms with van der Waals surface area (Å²) >= 11 is 1.82. The van der Waals surface area contributed by atoms with E-state index < -0.39 is 0 Å². The molecule has 3 heterocycles. The Morgan fingerprint density at radius 2 is 1.50 bits per heavy atom. The average molecular weight is 949 g/mol. The molecule has 1 radical (unpaired) electrons. The molecule has 6 heteroatoms. The van der Waals surface area contributed by atoms with Gasteiger partial charge in [0.25, 0.3) is 0 Å². The summed E-state index contributed by atoms with van der Waals surface area (Å²) in [5.41, 5.74) is 7.20. The number of allylic oxidation sites excluding steroid dienone is 2. The number of ketones is 1. The van der Waals surface area contributed by atoms with E-state index in [2.05, 4.69) is 109 Å². The molecule has 3 aromatic carbocycles. The van der Waals surface area contributed by atoms with Crippen LogP contribution < -0.4 is 0 Å². The van der Waals surface area contributed by atoms with Gasteiger partial charge in [-0.05, 0) is 85.9 Å². The molecule has 0 bridgehead atoms. The van der Waals surface area contributed by atoms with E-state index in [4.69, 9.17) is 9.40 Å². The molecule has 0 fully saturated rings. The van der Waals surface area contributed by atoms with Gasteiger partial charge in [-0.2, -0.15) is 0 Å². The maximum atomic E-state index is 12.2. The summed E-state index contributed by atoms with van der Waals surface area (Å²) in [5.74, 6) is 1.88. The van der Waals surface area contributed by atoms with Crippen molar-refractivity contribution in [2.24, 2.45) is 16.7 Å². The van der Waals surface area contributed by atoms with Gasteiger partial charge in [0, 0.05) is 64.6 Å². The van der Waals surface area contributed by atoms with Crippen molar-refractivity contribution in [3.05, 3.63) is 101 Å². The number of pyridine rings is 1. The molecule has 0 spiro atoms. The zero-order valence-corrected chi connectivity index (χ0v) is 39.1. The molecule has 4 nitrogen and oxygen atoms in total. The van der Waals surface area contributed by atoms with E-state index in [1.165, 1.54) is 43.1 Å². The maximum Gasteiger partial charge on any atom is 0.164 e. The summed E-state index contributed by atoms with van der Waals surface area (Å²) in [6, 6.07) is 23.4. The van der Waals surface area contributed by atoms with Crippen molar-refractivity contribution in [1.29, 1.82) is 0 Å². The van der Waals surface area contributed by atoms with E-state index in [-0.39, 0.29) is 47.9 Å². The van der Waals surface area contributed by atoms with Gasteiger partial charge < -0.3 is 9.52 Å². The third-order valence-corrected chi connectivity index (χ3v) is 13.4. The second-order valence-electron chi connectivity index (χ2n) is 17.4. The Bertz CT molecular complexity index is 2340. The van der Waals surface area contributed by atoms with Crippen molar-refractivity contribution >= 4 is 48.9 Å². The van der Waals surface area contributed by atoms with Crippen LogP contribution in [0.3, 0.4) is 0 Å². The normalized spacial score (nSPS) is 12.6. The summed E-state index contributed by atoms with van der Waals surface area (Å²) in [7, 11) is 0. The molecule has 3 aromatic heterocycles. The molecule has 0 aliphatic heterocycles. The molecule has 1 N–H and O–H groups in total. The molecule has 0 aliphatic rings. The number of aryl methyl sites for hydroxylation is 2. The van der Waals surface area contributed by atoms with Crippen molar-refractivity contribution in [1.82, 2.24) is 4.98 Å². The monoisotopic (exact) mass is 949 g/mol. The minimum absolute atomic E-state index is 0. The summed E-state index contributed by atoms with van der Waals surface area (Å²) in [6.45, 7) is 27.8. The summed E-state index contributed by atoms with van der Waals surface area (Å²) in [6.07, 6.45) is 7.75. The number of aliphatic hydroxyl groups excluding tert-OH is 1. The van der Waals surface area contributed by atoms with Gasteiger partial charge in [0.05, 0.1) is 4.88 Å². The van der Waals surface area contributed by atoms with Crippen LogP contribution >= 0.6 is 11.3 Å². The number of hydrogen-bond acceptors (Lipinski definition) is 5. The number of furan rings is 1. The smallest absolute Gasteiger partial charge is 0.164 e. The SMILES string of the molecule is CCC(C)(CC)C(=O)/C=C(\O)C(C)(CC)CC.Cc1c(-c2oc3c(-c4[c-]c5ccccc5c(C(C)(C)C)c4)nccc3c2C)sc2ccc(CC(C)C)cc12.[Ir]. The maximum absolute atomic E-state index is 12.2. The number of fused-ring (bicyclic) bond motifs is 3. The molecule has 6 rings (SSSR count). The number of nitrogens with zero attached hydrogens (tertiary/aromatic N) is 1. The van der Waals surface area contributed by atoms with Crippen molar-refractivity contribution in [3.8, 4) is 21.9 Å². The van der Waals surface area contributed by atoms with Crippen LogP contribution in [0, 0.1) is 36.7 Å². The fourth-order valence-electron chi connectivity index (χ4n) is 7.30. The molecular formula is C50H62IrNO3S-. The van der Waals surface area contributed by atoms with Crippen LogP contribution in [0.25, 0.3) is 53.7 Å². The number of hydrogen-bond donors (Lipinski definition) is 1. The Hall–Kier alpha value is -3.57. The van der Waals surface area contributed by atoms with E-state index in [0.717, 1.165) is 71.0 Å². The zero-order valence-electron chi connectivity index (χ0n) is 35.9. The van der Waals surface area contributed by atoms with Gasteiger partial charge in [0.2, 0.25) is 0 Å². The van der Waals surface area contributed by atoms with Crippen LogP contribution in [0.1, 0.15) is 124 Å². The fourth-order valence-corrected chi connectivity index (χ4v) is 8.53. The van der Waals surface area contributed by atoms with Gasteiger partial charge in [-0.3, -0.25) is 9.78 Å². The van der Waals surface area contributed by atoms with Gasteiger partial charge in [0.1, 0.15) is 17.1 Å². The third kappa shape index (κ3) is 9.09. The van der Waals surface area contributed by atoms with Gasteiger partial charge in [-0.15, -0.1) is 40.5 Å². The van der Waals surface area contributed by atoms with Crippen molar-refractivity contribution in [3.63, 3.8) is 0 Å².